The first-order chi connectivity index (χ1) is 20.5. The molecule has 4 rings (SSSR count). The second-order valence-electron chi connectivity index (χ2n) is 13.7. The Bertz CT molecular complexity index is 1270. The highest BCUT2D eigenvalue weighted by Crippen LogP contribution is 2.58. The maximum Gasteiger partial charge on any atom is 0.303 e. The fraction of sp³-hybridized carbons (Fsp3) is 0.706. The molecule has 0 unspecified atom stereocenters. The molecule has 0 amide bonds. The number of benzene rings is 1. The van der Waals surface area contributed by atoms with Gasteiger partial charge in [-0.1, -0.05) is 47.1 Å². The summed E-state index contributed by atoms with van der Waals surface area (Å²) in [6.07, 6.45) is -0.620. The van der Waals surface area contributed by atoms with Crippen molar-refractivity contribution in [3.8, 4) is 5.75 Å². The lowest BCUT2D eigenvalue weighted by Gasteiger charge is -2.55. The topological polar surface area (TPSA) is 124 Å². The monoisotopic (exact) mass is 616 g/mol. The van der Waals surface area contributed by atoms with Gasteiger partial charge in [0.2, 0.25) is 12.4 Å². The van der Waals surface area contributed by atoms with Gasteiger partial charge in [-0.3, -0.25) is 19.2 Å². The molecule has 1 saturated heterocycles. The molecule has 1 aromatic carbocycles. The third kappa shape index (κ3) is 6.90. The number of fused-ring (bicyclic) bond motifs is 3. The Morgan fingerprint density at radius 1 is 0.864 bits per heavy atom. The molecule has 0 aromatic heterocycles. The van der Waals surface area contributed by atoms with Crippen molar-refractivity contribution in [1.29, 1.82) is 0 Å². The van der Waals surface area contributed by atoms with Crippen LogP contribution >= 0.6 is 0 Å². The summed E-state index contributed by atoms with van der Waals surface area (Å²) in [6, 6.07) is 4.12. The summed E-state index contributed by atoms with van der Waals surface area (Å²) in [5, 5.41) is 0. The number of hydrogen-bond acceptors (Lipinski definition) is 10. The van der Waals surface area contributed by atoms with Gasteiger partial charge < -0.3 is 28.4 Å². The van der Waals surface area contributed by atoms with Crippen LogP contribution in [0.25, 0.3) is 0 Å². The minimum absolute atomic E-state index is 0.0475. The Hall–Kier alpha value is -3.14. The molecule has 244 valence electrons. The first-order valence-corrected chi connectivity index (χ1v) is 15.7. The smallest absolute Gasteiger partial charge is 0.303 e. The van der Waals surface area contributed by atoms with E-state index in [4.69, 9.17) is 28.4 Å². The molecule has 10 heteroatoms. The van der Waals surface area contributed by atoms with E-state index in [-0.39, 0.29) is 23.4 Å². The fourth-order valence-corrected chi connectivity index (χ4v) is 8.03. The maximum atomic E-state index is 12.3. The Labute approximate surface area is 260 Å². The predicted octanol–water partition coefficient (Wildman–Crippen LogP) is 5.30. The van der Waals surface area contributed by atoms with E-state index in [2.05, 4.69) is 40.7 Å². The van der Waals surface area contributed by atoms with Gasteiger partial charge in [0, 0.05) is 33.3 Å². The van der Waals surface area contributed by atoms with Gasteiger partial charge in [-0.05, 0) is 65.5 Å². The molecule has 2 fully saturated rings. The van der Waals surface area contributed by atoms with Crippen molar-refractivity contribution in [2.24, 2.45) is 11.3 Å². The van der Waals surface area contributed by atoms with Crippen LogP contribution in [0.1, 0.15) is 111 Å². The van der Waals surface area contributed by atoms with Gasteiger partial charge in [0.15, 0.2) is 12.2 Å². The largest absolute Gasteiger partial charge is 0.463 e. The lowest BCUT2D eigenvalue weighted by molar-refractivity contribution is -0.288. The number of esters is 4. The zero-order chi connectivity index (χ0) is 32.6. The summed E-state index contributed by atoms with van der Waals surface area (Å²) in [5.41, 5.74) is 4.00. The summed E-state index contributed by atoms with van der Waals surface area (Å²) in [4.78, 5) is 48.3. The highest BCUT2D eigenvalue weighted by molar-refractivity contribution is 5.68. The Morgan fingerprint density at radius 3 is 2.07 bits per heavy atom. The van der Waals surface area contributed by atoms with Crippen molar-refractivity contribution >= 4 is 23.9 Å². The molecular weight excluding hydrogens is 568 g/mol. The molecule has 3 aliphatic rings. The van der Waals surface area contributed by atoms with Crippen molar-refractivity contribution in [3.63, 3.8) is 0 Å². The second-order valence-corrected chi connectivity index (χ2v) is 13.7. The molecule has 1 saturated carbocycles. The molecular formula is C34H48O10. The first kappa shape index (κ1) is 33.7. The van der Waals surface area contributed by atoms with Crippen molar-refractivity contribution in [2.45, 2.75) is 136 Å². The minimum Gasteiger partial charge on any atom is -0.463 e. The average Bonchev–Trinajstić information content (AvgIpc) is 2.89. The molecule has 1 aliphatic heterocycles. The SMILES string of the molecule is CC(=O)OC[C@H]1O[C@@H](Oc2ccc3c(c2C(C)C)CC[C@H]2C(C)(C)CCC[C@]32C)[C@H](OC(C)=O)[C@@H](OC(C)=O)[C@@H]1OC(C)=O. The first-order valence-electron chi connectivity index (χ1n) is 15.7. The van der Waals surface area contributed by atoms with E-state index in [9.17, 15) is 19.2 Å². The number of carbonyl (C=O) groups is 4. The van der Waals surface area contributed by atoms with E-state index in [0.717, 1.165) is 24.8 Å². The van der Waals surface area contributed by atoms with Crippen LogP contribution in [0.3, 0.4) is 0 Å². The van der Waals surface area contributed by atoms with Crippen LogP contribution in [0.4, 0.5) is 0 Å². The van der Waals surface area contributed by atoms with Gasteiger partial charge in [0.05, 0.1) is 0 Å². The molecule has 0 bridgehead atoms. The van der Waals surface area contributed by atoms with Gasteiger partial charge in [0.1, 0.15) is 18.5 Å². The summed E-state index contributed by atoms with van der Waals surface area (Å²) in [7, 11) is 0. The highest BCUT2D eigenvalue weighted by Gasteiger charge is 2.54. The second kappa shape index (κ2) is 13.1. The Kier molecular flexibility index (Phi) is 10.0. The Morgan fingerprint density at radius 2 is 1.48 bits per heavy atom. The molecule has 0 radical (unpaired) electrons. The van der Waals surface area contributed by atoms with Crippen LogP contribution < -0.4 is 4.74 Å². The quantitative estimate of drug-likeness (QED) is 0.281. The number of ether oxygens (including phenoxy) is 6. The molecule has 7 atom stereocenters. The van der Waals surface area contributed by atoms with Gasteiger partial charge >= 0.3 is 23.9 Å². The van der Waals surface area contributed by atoms with E-state index in [0.29, 0.717) is 11.7 Å². The summed E-state index contributed by atoms with van der Waals surface area (Å²) in [5.74, 6) is -1.38. The molecule has 0 N–H and O–H groups in total. The average molecular weight is 617 g/mol. The van der Waals surface area contributed by atoms with E-state index >= 15 is 0 Å². The van der Waals surface area contributed by atoms with Crippen LogP contribution in [0, 0.1) is 11.3 Å². The molecule has 44 heavy (non-hydrogen) atoms. The zero-order valence-corrected chi connectivity index (χ0v) is 27.5. The van der Waals surface area contributed by atoms with Gasteiger partial charge in [-0.25, -0.2) is 0 Å². The predicted molar refractivity (Wildman–Crippen MR) is 160 cm³/mol. The summed E-state index contributed by atoms with van der Waals surface area (Å²) >= 11 is 0. The lowest BCUT2D eigenvalue weighted by Crippen LogP contribution is -2.63. The maximum absolute atomic E-state index is 12.3. The Balaban J connectivity index is 1.78. The van der Waals surface area contributed by atoms with E-state index in [1.807, 2.05) is 6.07 Å². The molecule has 10 nitrogen and oxygen atoms in total. The number of hydrogen-bond donors (Lipinski definition) is 0. The van der Waals surface area contributed by atoms with Gasteiger partial charge in [-0.15, -0.1) is 0 Å². The molecule has 0 spiro atoms. The van der Waals surface area contributed by atoms with E-state index in [1.54, 1.807) is 0 Å². The third-order valence-corrected chi connectivity index (χ3v) is 9.61. The molecule has 1 heterocycles. The van der Waals surface area contributed by atoms with Crippen LogP contribution in [0.2, 0.25) is 0 Å². The van der Waals surface area contributed by atoms with E-state index < -0.39 is 54.6 Å². The number of carbonyl (C=O) groups excluding carboxylic acids is 4. The van der Waals surface area contributed by atoms with Gasteiger partial charge in [0.25, 0.3) is 0 Å². The van der Waals surface area contributed by atoms with Crippen LogP contribution in [0.5, 0.6) is 5.75 Å². The third-order valence-electron chi connectivity index (χ3n) is 9.61. The fourth-order valence-electron chi connectivity index (χ4n) is 8.03. The van der Waals surface area contributed by atoms with Crippen LogP contribution in [0.15, 0.2) is 12.1 Å². The zero-order valence-electron chi connectivity index (χ0n) is 27.5. The van der Waals surface area contributed by atoms with Crippen molar-refractivity contribution in [2.75, 3.05) is 6.61 Å². The van der Waals surface area contributed by atoms with Crippen molar-refractivity contribution in [3.05, 3.63) is 28.8 Å². The van der Waals surface area contributed by atoms with Gasteiger partial charge in [-0.2, -0.15) is 0 Å². The highest BCUT2D eigenvalue weighted by atomic mass is 16.7. The van der Waals surface area contributed by atoms with Crippen LogP contribution in [-0.4, -0.2) is 61.2 Å². The van der Waals surface area contributed by atoms with Crippen molar-refractivity contribution in [1.82, 2.24) is 0 Å². The number of rotatable bonds is 8. The van der Waals surface area contributed by atoms with Crippen LogP contribution in [-0.2, 0) is 54.7 Å². The minimum atomic E-state index is -1.29. The van der Waals surface area contributed by atoms with E-state index in [1.165, 1.54) is 51.7 Å². The molecule has 1 aromatic rings. The lowest BCUT2D eigenvalue weighted by atomic mass is 9.50. The standard InChI is InChI=1S/C34H48O10/c1-18(2)28-23-11-14-27-33(7,8)15-10-16-34(27,9)24(23)12-13-25(28)43-32-31(42-22(6)38)30(41-21(5)37)29(40-20(4)36)26(44-32)17-39-19(3)35/h12-13,18,26-27,29-32H,10-11,14-17H2,1-9H3/t26-,27+,29-,30+,31-,32-,34-/m1/s1. The normalized spacial score (nSPS) is 30.8. The van der Waals surface area contributed by atoms with Crippen molar-refractivity contribution < 1.29 is 47.6 Å². The molecule has 2 aliphatic carbocycles. The summed E-state index contributed by atoms with van der Waals surface area (Å²) < 4.78 is 34.7. The summed E-state index contributed by atoms with van der Waals surface area (Å²) in [6.45, 7) is 16.0.